The summed E-state index contributed by atoms with van der Waals surface area (Å²) in [7, 11) is 3.14. The minimum Gasteiger partial charge on any atom is -0.380 e. The Labute approximate surface area is 127 Å². The van der Waals surface area contributed by atoms with Gasteiger partial charge in [-0.15, -0.1) is 11.8 Å². The summed E-state index contributed by atoms with van der Waals surface area (Å²) in [4.78, 5) is 24.9. The van der Waals surface area contributed by atoms with Gasteiger partial charge in [0.1, 0.15) is 0 Å². The third kappa shape index (κ3) is 3.39. The van der Waals surface area contributed by atoms with Crippen molar-refractivity contribution in [3.05, 3.63) is 56.9 Å². The zero-order valence-corrected chi connectivity index (χ0v) is 13.2. The highest BCUT2D eigenvalue weighted by Crippen LogP contribution is 2.26. The van der Waals surface area contributed by atoms with Crippen LogP contribution in [-0.4, -0.2) is 14.9 Å². The maximum atomic E-state index is 12.1. The highest BCUT2D eigenvalue weighted by Gasteiger charge is 2.07. The van der Waals surface area contributed by atoms with Gasteiger partial charge in [-0.05, 0) is 17.9 Å². The van der Waals surface area contributed by atoms with Gasteiger partial charge in [-0.1, -0.05) is 19.1 Å². The van der Waals surface area contributed by atoms with Crippen LogP contribution in [-0.2, 0) is 20.6 Å². The van der Waals surface area contributed by atoms with Crippen molar-refractivity contribution in [2.24, 2.45) is 14.1 Å². The van der Waals surface area contributed by atoms with Crippen LogP contribution >= 0.6 is 11.8 Å². The minimum atomic E-state index is -0.314. The second-order valence-corrected chi connectivity index (χ2v) is 6.00. The molecule has 1 N–H and O–H groups in total. The summed E-state index contributed by atoms with van der Waals surface area (Å²) in [5, 5.41) is 3.28. The van der Waals surface area contributed by atoms with E-state index in [9.17, 15) is 9.59 Å². The third-order valence-corrected chi connectivity index (χ3v) is 4.13. The van der Waals surface area contributed by atoms with Gasteiger partial charge in [0.25, 0.3) is 5.56 Å². The average Bonchev–Trinajstić information content (AvgIpc) is 2.49. The maximum Gasteiger partial charge on any atom is 0.330 e. The molecule has 0 bridgehead atoms. The first kappa shape index (κ1) is 15.4. The number of aromatic nitrogens is 2. The molecule has 5 nitrogen and oxygen atoms in total. The Hall–Kier alpha value is -1.95. The summed E-state index contributed by atoms with van der Waals surface area (Å²) in [6, 6.07) is 8.00. The fraction of sp³-hybridized carbons (Fsp3) is 0.333. The van der Waals surface area contributed by atoms with Crippen LogP contribution in [0.15, 0.2) is 44.9 Å². The van der Waals surface area contributed by atoms with Crippen LogP contribution in [0.3, 0.4) is 0 Å². The SMILES string of the molecule is CCSc1ccccc1NCc1cn(C)c(=O)n(C)c1=O. The van der Waals surface area contributed by atoms with E-state index in [0.717, 1.165) is 20.9 Å². The molecule has 0 atom stereocenters. The van der Waals surface area contributed by atoms with Gasteiger partial charge >= 0.3 is 5.69 Å². The zero-order chi connectivity index (χ0) is 15.4. The van der Waals surface area contributed by atoms with E-state index in [-0.39, 0.29) is 11.2 Å². The number of nitrogens with zero attached hydrogens (tertiary/aromatic N) is 2. The van der Waals surface area contributed by atoms with Crippen LogP contribution < -0.4 is 16.6 Å². The van der Waals surface area contributed by atoms with Gasteiger partial charge in [0.2, 0.25) is 0 Å². The van der Waals surface area contributed by atoms with E-state index < -0.39 is 0 Å². The molecule has 2 aromatic rings. The van der Waals surface area contributed by atoms with Crippen molar-refractivity contribution in [2.75, 3.05) is 11.1 Å². The lowest BCUT2D eigenvalue weighted by atomic mass is 10.3. The summed E-state index contributed by atoms with van der Waals surface area (Å²) in [5.41, 5.74) is 0.994. The summed E-state index contributed by atoms with van der Waals surface area (Å²) in [6.07, 6.45) is 1.59. The van der Waals surface area contributed by atoms with E-state index in [4.69, 9.17) is 0 Å². The number of hydrogen-bond acceptors (Lipinski definition) is 4. The van der Waals surface area contributed by atoms with Crippen molar-refractivity contribution < 1.29 is 0 Å². The van der Waals surface area contributed by atoms with E-state index in [1.807, 2.05) is 18.2 Å². The van der Waals surface area contributed by atoms with Gasteiger partial charge in [0.15, 0.2) is 0 Å². The number of anilines is 1. The molecule has 21 heavy (non-hydrogen) atoms. The van der Waals surface area contributed by atoms with Crippen LogP contribution in [0.1, 0.15) is 12.5 Å². The molecule has 6 heteroatoms. The second-order valence-electron chi connectivity index (χ2n) is 4.69. The molecule has 0 aliphatic rings. The Bertz CT molecular complexity index is 749. The molecule has 0 saturated heterocycles. The molecule has 0 amide bonds. The van der Waals surface area contributed by atoms with Crippen molar-refractivity contribution in [1.82, 2.24) is 9.13 Å². The highest BCUT2D eigenvalue weighted by atomic mass is 32.2. The Morgan fingerprint density at radius 1 is 1.19 bits per heavy atom. The minimum absolute atomic E-state index is 0.258. The number of para-hydroxylation sites is 1. The quantitative estimate of drug-likeness (QED) is 0.856. The number of rotatable bonds is 5. The molecular weight excluding hydrogens is 286 g/mol. The lowest BCUT2D eigenvalue weighted by molar-refractivity contribution is 0.671. The number of aryl methyl sites for hydroxylation is 1. The van der Waals surface area contributed by atoms with Gasteiger partial charge in [-0.2, -0.15) is 0 Å². The van der Waals surface area contributed by atoms with Gasteiger partial charge in [-0.25, -0.2) is 4.79 Å². The molecule has 0 fully saturated rings. The van der Waals surface area contributed by atoms with Gasteiger partial charge < -0.3 is 9.88 Å². The van der Waals surface area contributed by atoms with Crippen LogP contribution in [0.25, 0.3) is 0 Å². The first-order valence-corrected chi connectivity index (χ1v) is 7.74. The molecule has 1 aromatic heterocycles. The molecule has 1 aromatic carbocycles. The first-order chi connectivity index (χ1) is 10.0. The van der Waals surface area contributed by atoms with E-state index in [1.54, 1.807) is 25.0 Å². The predicted molar refractivity (Wildman–Crippen MR) is 87.1 cm³/mol. The predicted octanol–water partition coefficient (Wildman–Crippen LogP) is 1.81. The van der Waals surface area contributed by atoms with Crippen molar-refractivity contribution in [3.63, 3.8) is 0 Å². The Kier molecular flexibility index (Phi) is 4.90. The Morgan fingerprint density at radius 3 is 2.62 bits per heavy atom. The number of benzene rings is 1. The van der Waals surface area contributed by atoms with Crippen molar-refractivity contribution >= 4 is 17.4 Å². The maximum absolute atomic E-state index is 12.1. The molecule has 0 unspecified atom stereocenters. The monoisotopic (exact) mass is 305 g/mol. The fourth-order valence-electron chi connectivity index (χ4n) is 2.09. The van der Waals surface area contributed by atoms with Gasteiger partial charge in [0, 0.05) is 37.4 Å². The molecule has 0 aliphatic heterocycles. The summed E-state index contributed by atoms with van der Waals surface area (Å²) >= 11 is 1.75. The lowest BCUT2D eigenvalue weighted by Crippen LogP contribution is -2.38. The number of hydrogen-bond donors (Lipinski definition) is 1. The van der Waals surface area contributed by atoms with E-state index in [2.05, 4.69) is 18.3 Å². The van der Waals surface area contributed by atoms with Crippen LogP contribution in [0.2, 0.25) is 0 Å². The largest absolute Gasteiger partial charge is 0.380 e. The third-order valence-electron chi connectivity index (χ3n) is 3.17. The molecule has 0 aliphatic carbocycles. The van der Waals surface area contributed by atoms with Crippen molar-refractivity contribution in [3.8, 4) is 0 Å². The lowest BCUT2D eigenvalue weighted by Gasteiger charge is -2.12. The second kappa shape index (κ2) is 6.67. The first-order valence-electron chi connectivity index (χ1n) is 6.75. The molecular formula is C15H19N3O2S. The summed E-state index contributed by atoms with van der Waals surface area (Å²) in [6.45, 7) is 2.49. The molecule has 0 radical (unpaired) electrons. The number of nitrogens with one attached hydrogen (secondary N) is 1. The zero-order valence-electron chi connectivity index (χ0n) is 12.4. The Morgan fingerprint density at radius 2 is 1.90 bits per heavy atom. The van der Waals surface area contributed by atoms with Gasteiger partial charge in [-0.3, -0.25) is 9.36 Å². The highest BCUT2D eigenvalue weighted by molar-refractivity contribution is 7.99. The van der Waals surface area contributed by atoms with E-state index >= 15 is 0 Å². The molecule has 2 rings (SSSR count). The molecule has 0 spiro atoms. The summed E-state index contributed by atoms with van der Waals surface area (Å²) in [5.74, 6) is 0.986. The topological polar surface area (TPSA) is 56.0 Å². The fourth-order valence-corrected chi connectivity index (χ4v) is 2.87. The number of thioether (sulfide) groups is 1. The average molecular weight is 305 g/mol. The standard InChI is InChI=1S/C15H19N3O2S/c1-4-21-13-8-6-5-7-12(13)16-9-11-10-17(2)15(20)18(3)14(11)19/h5-8,10,16H,4,9H2,1-3H3. The molecule has 1 heterocycles. The smallest absolute Gasteiger partial charge is 0.330 e. The Balaban J connectivity index is 2.25. The van der Waals surface area contributed by atoms with E-state index in [1.165, 1.54) is 11.6 Å². The van der Waals surface area contributed by atoms with Crippen LogP contribution in [0, 0.1) is 0 Å². The van der Waals surface area contributed by atoms with Crippen molar-refractivity contribution in [2.45, 2.75) is 18.4 Å². The summed E-state index contributed by atoms with van der Waals surface area (Å²) < 4.78 is 2.55. The molecule has 0 saturated carbocycles. The molecule has 112 valence electrons. The van der Waals surface area contributed by atoms with Crippen molar-refractivity contribution in [1.29, 1.82) is 0 Å². The van der Waals surface area contributed by atoms with E-state index in [0.29, 0.717) is 12.1 Å². The van der Waals surface area contributed by atoms with Crippen LogP contribution in [0.4, 0.5) is 5.69 Å². The van der Waals surface area contributed by atoms with Crippen LogP contribution in [0.5, 0.6) is 0 Å². The normalized spacial score (nSPS) is 10.6. The van der Waals surface area contributed by atoms with Gasteiger partial charge in [0.05, 0.1) is 5.56 Å².